The van der Waals surface area contributed by atoms with E-state index in [0.717, 1.165) is 27.6 Å². The molecule has 0 amide bonds. The number of hydrogen-bond donors (Lipinski definition) is 0. The van der Waals surface area contributed by atoms with Crippen LogP contribution in [0, 0.1) is 0 Å². The van der Waals surface area contributed by atoms with Crippen LogP contribution in [0.25, 0.3) is 6.08 Å². The van der Waals surface area contributed by atoms with E-state index in [-0.39, 0.29) is 5.97 Å². The Labute approximate surface area is 132 Å². The molecule has 1 aliphatic rings. The lowest BCUT2D eigenvalue weighted by molar-refractivity contribution is -0.143. The first-order valence-electron chi connectivity index (χ1n) is 6.77. The third kappa shape index (κ3) is 2.54. The van der Waals surface area contributed by atoms with Crippen molar-refractivity contribution in [3.63, 3.8) is 0 Å². The van der Waals surface area contributed by atoms with E-state index in [1.54, 1.807) is 0 Å². The average Bonchev–Trinajstić information content (AvgIpc) is 3.23. The highest BCUT2D eigenvalue weighted by Gasteiger charge is 2.57. The number of hydrogen-bond acceptors (Lipinski definition) is 2. The molecule has 106 valence electrons. The number of benzene rings is 2. The monoisotopic (exact) mass is 342 g/mol. The number of methoxy groups -OCH3 is 1. The quantitative estimate of drug-likeness (QED) is 0.775. The molecular formula is C18H15BrO2. The van der Waals surface area contributed by atoms with Crippen molar-refractivity contribution in [2.75, 3.05) is 7.11 Å². The third-order valence-electron chi connectivity index (χ3n) is 3.89. The summed E-state index contributed by atoms with van der Waals surface area (Å²) in [6.07, 6.45) is 2.80. The predicted octanol–water partition coefficient (Wildman–Crippen LogP) is 4.35. The first-order chi connectivity index (χ1) is 10.2. The minimum Gasteiger partial charge on any atom is -0.468 e. The summed E-state index contributed by atoms with van der Waals surface area (Å²) < 4.78 is 6.04. The Hall–Kier alpha value is -1.87. The number of halogens is 1. The zero-order chi connectivity index (χ0) is 14.9. The lowest BCUT2D eigenvalue weighted by Gasteiger charge is -2.13. The molecule has 1 fully saturated rings. The molecular weight excluding hydrogens is 328 g/mol. The maximum absolute atomic E-state index is 12.3. The van der Waals surface area contributed by atoms with Gasteiger partial charge in [-0.25, -0.2) is 0 Å². The fourth-order valence-corrected chi connectivity index (χ4v) is 2.95. The van der Waals surface area contributed by atoms with Crippen LogP contribution in [0.15, 0.2) is 64.6 Å². The number of carbonyl (C=O) groups excluding carboxylic acids is 1. The summed E-state index contributed by atoms with van der Waals surface area (Å²) in [5.74, 6) is -0.188. The van der Waals surface area contributed by atoms with E-state index in [4.69, 9.17) is 4.74 Å². The fraction of sp³-hybridized carbons (Fsp3) is 0.167. The van der Waals surface area contributed by atoms with E-state index in [9.17, 15) is 4.79 Å². The van der Waals surface area contributed by atoms with Gasteiger partial charge < -0.3 is 4.74 Å². The molecule has 1 aliphatic carbocycles. The van der Waals surface area contributed by atoms with Gasteiger partial charge in [-0.3, -0.25) is 4.79 Å². The highest BCUT2D eigenvalue weighted by atomic mass is 79.9. The molecule has 0 radical (unpaired) electrons. The Morgan fingerprint density at radius 3 is 2.43 bits per heavy atom. The molecule has 3 rings (SSSR count). The van der Waals surface area contributed by atoms with Gasteiger partial charge in [0.2, 0.25) is 0 Å². The highest BCUT2D eigenvalue weighted by molar-refractivity contribution is 9.10. The van der Waals surface area contributed by atoms with E-state index >= 15 is 0 Å². The van der Waals surface area contributed by atoms with Crippen LogP contribution in [0.4, 0.5) is 0 Å². The van der Waals surface area contributed by atoms with E-state index < -0.39 is 5.41 Å². The number of ether oxygens (including phenoxy) is 1. The van der Waals surface area contributed by atoms with Crippen molar-refractivity contribution in [3.8, 4) is 0 Å². The second-order valence-electron chi connectivity index (χ2n) is 5.16. The van der Waals surface area contributed by atoms with Crippen LogP contribution in [-0.4, -0.2) is 13.1 Å². The molecule has 21 heavy (non-hydrogen) atoms. The zero-order valence-electron chi connectivity index (χ0n) is 11.7. The predicted molar refractivity (Wildman–Crippen MR) is 86.9 cm³/mol. The Morgan fingerprint density at radius 1 is 1.14 bits per heavy atom. The Morgan fingerprint density at radius 2 is 1.81 bits per heavy atom. The van der Waals surface area contributed by atoms with Crippen LogP contribution in [0.2, 0.25) is 0 Å². The van der Waals surface area contributed by atoms with Crippen LogP contribution in [-0.2, 0) is 14.9 Å². The van der Waals surface area contributed by atoms with Gasteiger partial charge in [-0.2, -0.15) is 0 Å². The van der Waals surface area contributed by atoms with E-state index in [2.05, 4.69) is 22.0 Å². The molecule has 0 spiro atoms. The van der Waals surface area contributed by atoms with Crippen LogP contribution in [0.3, 0.4) is 0 Å². The maximum atomic E-state index is 12.3. The molecule has 0 unspecified atom stereocenters. The minimum atomic E-state index is -0.606. The largest absolute Gasteiger partial charge is 0.468 e. The van der Waals surface area contributed by atoms with Crippen molar-refractivity contribution in [1.82, 2.24) is 0 Å². The van der Waals surface area contributed by atoms with E-state index in [0.29, 0.717) is 0 Å². The van der Waals surface area contributed by atoms with Crippen LogP contribution < -0.4 is 0 Å². The van der Waals surface area contributed by atoms with Crippen LogP contribution in [0.1, 0.15) is 17.5 Å². The van der Waals surface area contributed by atoms with E-state index in [1.807, 2.05) is 54.6 Å². The van der Waals surface area contributed by atoms with Crippen molar-refractivity contribution in [2.45, 2.75) is 11.8 Å². The Kier molecular flexibility index (Phi) is 3.68. The summed E-state index contributed by atoms with van der Waals surface area (Å²) in [7, 11) is 1.45. The second kappa shape index (κ2) is 5.49. The molecule has 0 aliphatic heterocycles. The van der Waals surface area contributed by atoms with Gasteiger partial charge >= 0.3 is 5.97 Å². The Balaban J connectivity index is 2.00. The number of carbonyl (C=O) groups is 1. The third-order valence-corrected chi connectivity index (χ3v) is 4.42. The molecule has 0 bridgehead atoms. The highest BCUT2D eigenvalue weighted by Crippen LogP contribution is 2.55. The molecule has 0 N–H and O–H groups in total. The van der Waals surface area contributed by atoms with Crippen molar-refractivity contribution < 1.29 is 9.53 Å². The second-order valence-corrected chi connectivity index (χ2v) is 6.08. The molecule has 2 aromatic rings. The van der Waals surface area contributed by atoms with Crippen molar-refractivity contribution in [2.24, 2.45) is 0 Å². The lowest BCUT2D eigenvalue weighted by atomic mass is 9.94. The van der Waals surface area contributed by atoms with Gasteiger partial charge in [-0.05, 0) is 35.3 Å². The fourth-order valence-electron chi connectivity index (χ4n) is 2.68. The smallest absolute Gasteiger partial charge is 0.320 e. The van der Waals surface area contributed by atoms with Crippen molar-refractivity contribution in [1.29, 1.82) is 0 Å². The molecule has 3 heteroatoms. The summed E-state index contributed by atoms with van der Waals surface area (Å²) in [6, 6.07) is 17.9. The zero-order valence-corrected chi connectivity index (χ0v) is 13.3. The topological polar surface area (TPSA) is 26.3 Å². The first kappa shape index (κ1) is 14.1. The van der Waals surface area contributed by atoms with E-state index in [1.165, 1.54) is 7.11 Å². The van der Waals surface area contributed by atoms with Gasteiger partial charge in [-0.1, -0.05) is 64.5 Å². The normalized spacial score (nSPS) is 22.1. The van der Waals surface area contributed by atoms with Gasteiger partial charge in [-0.15, -0.1) is 0 Å². The number of esters is 1. The van der Waals surface area contributed by atoms with Crippen molar-refractivity contribution >= 4 is 28.0 Å². The SMILES string of the molecule is COC(=O)[C@]1(c2ccc(Br)cc2)C/C1=C\c1ccccc1. The molecule has 0 saturated heterocycles. The Bertz CT molecular complexity index is 689. The molecule has 0 aromatic heterocycles. The summed E-state index contributed by atoms with van der Waals surface area (Å²) >= 11 is 3.42. The van der Waals surface area contributed by atoms with Gasteiger partial charge in [0.1, 0.15) is 5.41 Å². The minimum absolute atomic E-state index is 0.188. The standard InChI is InChI=1S/C18H15BrO2/c1-21-17(20)18(14-7-9-16(19)10-8-14)12-15(18)11-13-5-3-2-4-6-13/h2-11H,12H2,1H3/b15-11+/t18-/m0/s1. The summed E-state index contributed by atoms with van der Waals surface area (Å²) in [4.78, 5) is 12.3. The lowest BCUT2D eigenvalue weighted by Crippen LogP contribution is -2.22. The molecule has 0 heterocycles. The van der Waals surface area contributed by atoms with Gasteiger partial charge in [0.05, 0.1) is 7.11 Å². The van der Waals surface area contributed by atoms with Crippen LogP contribution >= 0.6 is 15.9 Å². The van der Waals surface area contributed by atoms with Gasteiger partial charge in [0.15, 0.2) is 0 Å². The van der Waals surface area contributed by atoms with Crippen molar-refractivity contribution in [3.05, 3.63) is 75.8 Å². The average molecular weight is 343 g/mol. The molecule has 1 saturated carbocycles. The summed E-state index contributed by atoms with van der Waals surface area (Å²) in [5.41, 5.74) is 2.59. The molecule has 2 nitrogen and oxygen atoms in total. The van der Waals surface area contributed by atoms with Crippen LogP contribution in [0.5, 0.6) is 0 Å². The molecule has 2 aromatic carbocycles. The summed E-state index contributed by atoms with van der Waals surface area (Å²) in [6.45, 7) is 0. The first-order valence-corrected chi connectivity index (χ1v) is 7.56. The summed E-state index contributed by atoms with van der Waals surface area (Å²) in [5, 5.41) is 0. The van der Waals surface area contributed by atoms with Gasteiger partial charge in [0, 0.05) is 4.47 Å². The maximum Gasteiger partial charge on any atom is 0.320 e. The molecule has 1 atom stereocenters. The number of rotatable bonds is 3. The van der Waals surface area contributed by atoms with Gasteiger partial charge in [0.25, 0.3) is 0 Å².